The lowest BCUT2D eigenvalue weighted by Gasteiger charge is -2.26. The van der Waals surface area contributed by atoms with Gasteiger partial charge in [0.05, 0.1) is 0 Å². The fraction of sp³-hybridized carbons (Fsp3) is 1.00. The predicted octanol–water partition coefficient (Wildman–Crippen LogP) is 0.668. The van der Waals surface area contributed by atoms with Crippen LogP contribution in [0.15, 0.2) is 0 Å². The van der Waals surface area contributed by atoms with Crippen molar-refractivity contribution in [1.29, 1.82) is 0 Å². The topological polar surface area (TPSA) is 27.3 Å². The summed E-state index contributed by atoms with van der Waals surface area (Å²) in [4.78, 5) is 2.38. The molecule has 0 amide bonds. The number of nitrogens with zero attached hydrogens (tertiary/aromatic N) is 1. The van der Waals surface area contributed by atoms with Crippen molar-refractivity contribution in [1.82, 2.24) is 15.5 Å². The Morgan fingerprint density at radius 3 is 2.86 bits per heavy atom. The molecular weight excluding hydrogens is 174 g/mol. The molecule has 0 bridgehead atoms. The Bertz CT molecular complexity index is 141. The number of piperidine rings is 1. The fourth-order valence-corrected chi connectivity index (χ4v) is 1.73. The Kier molecular flexibility index (Phi) is 5.45. The zero-order valence-electron chi connectivity index (χ0n) is 9.84. The summed E-state index contributed by atoms with van der Waals surface area (Å²) in [6, 6.07) is 1.35. The van der Waals surface area contributed by atoms with Gasteiger partial charge in [-0.2, -0.15) is 0 Å². The van der Waals surface area contributed by atoms with E-state index in [0.717, 1.165) is 19.6 Å². The van der Waals surface area contributed by atoms with Crippen LogP contribution in [0.4, 0.5) is 0 Å². The minimum absolute atomic E-state index is 0.654. The monoisotopic (exact) mass is 199 g/mol. The summed E-state index contributed by atoms with van der Waals surface area (Å²) in [5, 5.41) is 7.02. The molecule has 0 aromatic heterocycles. The van der Waals surface area contributed by atoms with Gasteiger partial charge >= 0.3 is 0 Å². The fourth-order valence-electron chi connectivity index (χ4n) is 1.73. The van der Waals surface area contributed by atoms with Crippen LogP contribution in [0.2, 0.25) is 0 Å². The number of hydrogen-bond donors (Lipinski definition) is 2. The molecule has 0 aromatic rings. The van der Waals surface area contributed by atoms with Crippen molar-refractivity contribution in [3.63, 3.8) is 0 Å². The lowest BCUT2D eigenvalue weighted by atomic mass is 10.1. The first kappa shape index (κ1) is 12.0. The number of nitrogens with one attached hydrogen (secondary N) is 2. The second kappa shape index (κ2) is 6.38. The molecule has 0 saturated carbocycles. The maximum atomic E-state index is 3.60. The van der Waals surface area contributed by atoms with Gasteiger partial charge in [-0.1, -0.05) is 0 Å². The second-order valence-electron chi connectivity index (χ2n) is 4.57. The third-order valence-corrected chi connectivity index (χ3v) is 3.08. The molecule has 1 heterocycles. The van der Waals surface area contributed by atoms with E-state index >= 15 is 0 Å². The molecule has 3 nitrogen and oxygen atoms in total. The zero-order valence-corrected chi connectivity index (χ0v) is 9.84. The van der Waals surface area contributed by atoms with Crippen LogP contribution in [-0.2, 0) is 0 Å². The van der Waals surface area contributed by atoms with Crippen LogP contribution in [-0.4, -0.2) is 50.2 Å². The molecule has 14 heavy (non-hydrogen) atoms. The minimum Gasteiger partial charge on any atom is -0.315 e. The largest absolute Gasteiger partial charge is 0.315 e. The van der Waals surface area contributed by atoms with Gasteiger partial charge in [-0.3, -0.25) is 0 Å². The Labute approximate surface area is 88.2 Å². The standard InChI is InChI=1S/C11H25N3/c1-10(2)14(3)8-7-13-11-5-4-6-12-9-11/h10-13H,4-9H2,1-3H3. The molecular formula is C11H25N3. The van der Waals surface area contributed by atoms with Crippen molar-refractivity contribution in [2.45, 2.75) is 38.8 Å². The summed E-state index contributed by atoms with van der Waals surface area (Å²) in [7, 11) is 2.19. The highest BCUT2D eigenvalue weighted by Crippen LogP contribution is 2.00. The summed E-state index contributed by atoms with van der Waals surface area (Å²) in [5.74, 6) is 0. The Morgan fingerprint density at radius 2 is 2.29 bits per heavy atom. The zero-order chi connectivity index (χ0) is 10.4. The maximum absolute atomic E-state index is 3.60. The molecule has 0 radical (unpaired) electrons. The van der Waals surface area contributed by atoms with Gasteiger partial charge in [-0.05, 0) is 40.3 Å². The van der Waals surface area contributed by atoms with Crippen molar-refractivity contribution in [2.24, 2.45) is 0 Å². The molecule has 1 unspecified atom stereocenters. The highest BCUT2D eigenvalue weighted by Gasteiger charge is 2.11. The van der Waals surface area contributed by atoms with Crippen LogP contribution in [0.5, 0.6) is 0 Å². The third kappa shape index (κ3) is 4.40. The lowest BCUT2D eigenvalue weighted by Crippen LogP contribution is -2.45. The third-order valence-electron chi connectivity index (χ3n) is 3.08. The van der Waals surface area contributed by atoms with Crippen molar-refractivity contribution < 1.29 is 0 Å². The van der Waals surface area contributed by atoms with E-state index in [1.807, 2.05) is 0 Å². The van der Waals surface area contributed by atoms with Crippen LogP contribution in [0.3, 0.4) is 0 Å². The molecule has 0 aliphatic carbocycles. The van der Waals surface area contributed by atoms with E-state index in [2.05, 4.69) is 36.4 Å². The highest BCUT2D eigenvalue weighted by molar-refractivity contribution is 4.75. The van der Waals surface area contributed by atoms with Gasteiger partial charge in [0.2, 0.25) is 0 Å². The normalized spacial score (nSPS) is 23.4. The van der Waals surface area contributed by atoms with Gasteiger partial charge in [0.15, 0.2) is 0 Å². The first-order valence-corrected chi connectivity index (χ1v) is 5.84. The van der Waals surface area contributed by atoms with Crippen LogP contribution in [0.25, 0.3) is 0 Å². The SMILES string of the molecule is CC(C)N(C)CCNC1CCCNC1. The van der Waals surface area contributed by atoms with E-state index < -0.39 is 0 Å². The summed E-state index contributed by atoms with van der Waals surface area (Å²) in [6.45, 7) is 9.08. The Hall–Kier alpha value is -0.120. The van der Waals surface area contributed by atoms with Crippen LogP contribution >= 0.6 is 0 Å². The number of hydrogen-bond acceptors (Lipinski definition) is 3. The molecule has 1 aliphatic heterocycles. The van der Waals surface area contributed by atoms with Gasteiger partial charge < -0.3 is 15.5 Å². The Balaban J connectivity index is 2.02. The molecule has 1 atom stereocenters. The molecule has 1 fully saturated rings. The maximum Gasteiger partial charge on any atom is 0.0193 e. The quantitative estimate of drug-likeness (QED) is 0.681. The van der Waals surface area contributed by atoms with E-state index in [-0.39, 0.29) is 0 Å². The molecule has 2 N–H and O–H groups in total. The Morgan fingerprint density at radius 1 is 1.50 bits per heavy atom. The van der Waals surface area contributed by atoms with Crippen molar-refractivity contribution in [3.05, 3.63) is 0 Å². The van der Waals surface area contributed by atoms with Crippen molar-refractivity contribution in [3.8, 4) is 0 Å². The first-order valence-electron chi connectivity index (χ1n) is 5.84. The van der Waals surface area contributed by atoms with Gasteiger partial charge in [-0.15, -0.1) is 0 Å². The van der Waals surface area contributed by atoms with Gasteiger partial charge in [0.25, 0.3) is 0 Å². The molecule has 0 spiro atoms. The van der Waals surface area contributed by atoms with E-state index in [0.29, 0.717) is 12.1 Å². The molecule has 0 aromatic carbocycles. The van der Waals surface area contributed by atoms with Crippen molar-refractivity contribution in [2.75, 3.05) is 33.2 Å². The van der Waals surface area contributed by atoms with Gasteiger partial charge in [0.1, 0.15) is 0 Å². The van der Waals surface area contributed by atoms with Crippen LogP contribution in [0, 0.1) is 0 Å². The van der Waals surface area contributed by atoms with E-state index in [1.54, 1.807) is 0 Å². The predicted molar refractivity (Wildman–Crippen MR) is 61.7 cm³/mol. The van der Waals surface area contributed by atoms with Crippen molar-refractivity contribution >= 4 is 0 Å². The van der Waals surface area contributed by atoms with Crippen LogP contribution < -0.4 is 10.6 Å². The lowest BCUT2D eigenvalue weighted by molar-refractivity contribution is 0.263. The molecule has 3 heteroatoms. The minimum atomic E-state index is 0.654. The molecule has 84 valence electrons. The highest BCUT2D eigenvalue weighted by atomic mass is 15.1. The average Bonchev–Trinajstić information content (AvgIpc) is 2.19. The molecule has 1 aliphatic rings. The first-order chi connectivity index (χ1) is 6.70. The molecule has 1 rings (SSSR count). The van der Waals surface area contributed by atoms with E-state index in [9.17, 15) is 0 Å². The second-order valence-corrected chi connectivity index (χ2v) is 4.57. The smallest absolute Gasteiger partial charge is 0.0193 e. The molecule has 1 saturated heterocycles. The number of likely N-dealkylation sites (N-methyl/N-ethyl adjacent to an activating group) is 1. The summed E-state index contributed by atoms with van der Waals surface area (Å²) >= 11 is 0. The summed E-state index contributed by atoms with van der Waals surface area (Å²) < 4.78 is 0. The average molecular weight is 199 g/mol. The summed E-state index contributed by atoms with van der Waals surface area (Å²) in [6.07, 6.45) is 2.65. The van der Waals surface area contributed by atoms with Gasteiger partial charge in [-0.25, -0.2) is 0 Å². The van der Waals surface area contributed by atoms with E-state index in [4.69, 9.17) is 0 Å². The van der Waals surface area contributed by atoms with Crippen LogP contribution in [0.1, 0.15) is 26.7 Å². The summed E-state index contributed by atoms with van der Waals surface area (Å²) in [5.41, 5.74) is 0. The van der Waals surface area contributed by atoms with E-state index in [1.165, 1.54) is 19.4 Å². The van der Waals surface area contributed by atoms with Gasteiger partial charge in [0, 0.05) is 31.7 Å². The number of rotatable bonds is 5.